The van der Waals surface area contributed by atoms with E-state index in [1.54, 1.807) is 0 Å². The third kappa shape index (κ3) is 11.4. The molecule has 0 saturated carbocycles. The molecule has 0 aliphatic heterocycles. The Bertz CT molecular complexity index is 1220. The van der Waals surface area contributed by atoms with Gasteiger partial charge in [-0.15, -0.1) is 81.8 Å². The number of halogens is 2. The van der Waals surface area contributed by atoms with Crippen LogP contribution < -0.4 is 0 Å². The van der Waals surface area contributed by atoms with Crippen LogP contribution in [0.2, 0.25) is 0 Å². The predicted molar refractivity (Wildman–Crippen MR) is 197 cm³/mol. The zero-order valence-corrected chi connectivity index (χ0v) is 34.0. The Kier molecular flexibility index (Phi) is 22.2. The summed E-state index contributed by atoms with van der Waals surface area (Å²) in [5.41, 5.74) is 8.87. The summed E-state index contributed by atoms with van der Waals surface area (Å²) < 4.78 is 0. The molecule has 4 rings (SSSR count). The molecule has 0 spiro atoms. The number of hydrogen-bond donors (Lipinski definition) is 0. The number of fused-ring (bicyclic) bond motifs is 2. The van der Waals surface area contributed by atoms with E-state index >= 15 is 0 Å². The molecule has 2 radical (unpaired) electrons. The topological polar surface area (TPSA) is 0 Å². The molecule has 0 aliphatic rings. The van der Waals surface area contributed by atoms with E-state index in [1.807, 2.05) is 0 Å². The normalized spacial score (nSPS) is 10.6. The Morgan fingerprint density at radius 2 is 0.738 bits per heavy atom. The second-order valence-corrected chi connectivity index (χ2v) is 12.7. The molecule has 0 amide bonds. The van der Waals surface area contributed by atoms with Crippen molar-refractivity contribution in [3.05, 3.63) is 96.8 Å². The molecule has 0 aliphatic carbocycles. The second kappa shape index (κ2) is 20.4. The Morgan fingerprint density at radius 3 is 0.952 bits per heavy atom. The van der Waals surface area contributed by atoms with Crippen LogP contribution in [0.3, 0.4) is 0 Å². The van der Waals surface area contributed by atoms with Crippen LogP contribution in [0.25, 0.3) is 21.5 Å². The molecule has 0 bridgehead atoms. The van der Waals surface area contributed by atoms with Crippen molar-refractivity contribution in [3.8, 4) is 0 Å². The van der Waals surface area contributed by atoms with Crippen molar-refractivity contribution in [1.82, 2.24) is 0 Å². The van der Waals surface area contributed by atoms with Gasteiger partial charge in [0.25, 0.3) is 0 Å². The van der Waals surface area contributed by atoms with Crippen molar-refractivity contribution >= 4 is 53.2 Å². The number of benzene rings is 2. The summed E-state index contributed by atoms with van der Waals surface area (Å²) in [6.45, 7) is 30.4. The molecule has 4 heteroatoms. The summed E-state index contributed by atoms with van der Waals surface area (Å²) in [6.07, 6.45) is 0. The Hall–Kier alpha value is -0.660. The molecule has 42 heavy (non-hydrogen) atoms. The SMILES string of the molecule is CC(C)c1cc(C(C)C)c2cc(C(C)C)[cH-]c2c1.CC(C)c1cc(C(C)C)c2cc(C(C)C)[cH-]c2c1.Cl.Cl.[CH3-].[CH3-].[Si]=[Zr]. The van der Waals surface area contributed by atoms with E-state index in [1.165, 1.54) is 78.3 Å². The second-order valence-electron chi connectivity index (χ2n) is 12.7. The Balaban J connectivity index is -0.000000627. The summed E-state index contributed by atoms with van der Waals surface area (Å²) in [5.74, 6) is 3.61. The average molecular weight is 705 g/mol. The first-order valence-corrected chi connectivity index (χ1v) is 18.7. The van der Waals surface area contributed by atoms with Gasteiger partial charge in [0.1, 0.15) is 0 Å². The molecule has 0 unspecified atom stereocenters. The minimum atomic E-state index is 0. The third-order valence-corrected chi connectivity index (χ3v) is 7.71. The molecule has 0 fully saturated rings. The van der Waals surface area contributed by atoms with Crippen molar-refractivity contribution in [3.63, 3.8) is 0 Å². The molecule has 236 valence electrons. The van der Waals surface area contributed by atoms with Crippen LogP contribution in [0.1, 0.15) is 152 Å². The van der Waals surface area contributed by atoms with Crippen LogP contribution in [-0.2, 0) is 23.3 Å². The Morgan fingerprint density at radius 1 is 0.452 bits per heavy atom. The van der Waals surface area contributed by atoms with Crippen molar-refractivity contribution in [2.24, 2.45) is 0 Å². The minimum absolute atomic E-state index is 0. The molecule has 0 nitrogen and oxygen atoms in total. The molecule has 0 saturated heterocycles. The first kappa shape index (κ1) is 45.8. The summed E-state index contributed by atoms with van der Waals surface area (Å²) >= 11 is 1.36. The van der Waals surface area contributed by atoms with E-state index in [-0.39, 0.29) is 39.7 Å². The summed E-state index contributed by atoms with van der Waals surface area (Å²) in [6, 6.07) is 19.1. The Labute approximate surface area is 290 Å². The first-order valence-electron chi connectivity index (χ1n) is 14.5. The van der Waals surface area contributed by atoms with Crippen LogP contribution in [0.4, 0.5) is 0 Å². The van der Waals surface area contributed by atoms with Gasteiger partial charge in [-0.2, -0.15) is 12.1 Å². The van der Waals surface area contributed by atoms with Crippen molar-refractivity contribution < 1.29 is 23.3 Å². The fourth-order valence-corrected chi connectivity index (χ4v) is 5.08. The van der Waals surface area contributed by atoms with E-state index in [4.69, 9.17) is 0 Å². The summed E-state index contributed by atoms with van der Waals surface area (Å²) in [5, 5.41) is 5.76. The van der Waals surface area contributed by atoms with Crippen LogP contribution in [0, 0.1) is 14.9 Å². The van der Waals surface area contributed by atoms with Gasteiger partial charge in [-0.1, -0.05) is 117 Å². The zero-order valence-electron chi connectivity index (χ0n) is 28.9. The standard InChI is InChI=1S/2C18H25.2CH3.2ClH.Si.Zr/c2*1-11(2)14-7-16-8-15(12(3)4)10-18(16)17(9-14)13(5)6;;;;;;/h2*7-13H,1-6H3;2*1H3;2*1H;;/q4*-1;;;;. The van der Waals surface area contributed by atoms with Gasteiger partial charge in [-0.25, -0.2) is 0 Å². The maximum absolute atomic E-state index is 3.06. The summed E-state index contributed by atoms with van der Waals surface area (Å²) in [7, 11) is 0. The fourth-order valence-electron chi connectivity index (χ4n) is 5.08. The van der Waals surface area contributed by atoms with E-state index in [0.29, 0.717) is 35.5 Å². The van der Waals surface area contributed by atoms with Gasteiger partial charge in [0.2, 0.25) is 0 Å². The molecular formula is C38H58Cl2SiZr-4. The van der Waals surface area contributed by atoms with Gasteiger partial charge in [-0.3, -0.25) is 0 Å². The average Bonchev–Trinajstić information content (AvgIpc) is 3.48. The van der Waals surface area contributed by atoms with Crippen LogP contribution in [0.5, 0.6) is 0 Å². The van der Waals surface area contributed by atoms with Gasteiger partial charge < -0.3 is 14.9 Å². The number of hydrogen-bond acceptors (Lipinski definition) is 0. The van der Waals surface area contributed by atoms with Crippen LogP contribution in [0.15, 0.2) is 48.5 Å². The summed E-state index contributed by atoms with van der Waals surface area (Å²) in [4.78, 5) is 0. The van der Waals surface area contributed by atoms with Gasteiger partial charge >= 0.3 is 30.2 Å². The van der Waals surface area contributed by atoms with Crippen molar-refractivity contribution in [2.45, 2.75) is 119 Å². The molecule has 0 atom stereocenters. The molecular weight excluding hydrogens is 647 g/mol. The van der Waals surface area contributed by atoms with Gasteiger partial charge in [-0.05, 0) is 35.5 Å². The van der Waals surface area contributed by atoms with Crippen molar-refractivity contribution in [2.75, 3.05) is 0 Å². The van der Waals surface area contributed by atoms with Gasteiger partial charge in [0, 0.05) is 0 Å². The first-order chi connectivity index (χ1) is 17.8. The van der Waals surface area contributed by atoms with E-state index in [9.17, 15) is 0 Å². The predicted octanol–water partition coefficient (Wildman–Crippen LogP) is 13.2. The van der Waals surface area contributed by atoms with E-state index < -0.39 is 0 Å². The van der Waals surface area contributed by atoms with E-state index in [2.05, 4.69) is 138 Å². The monoisotopic (exact) mass is 702 g/mol. The number of rotatable bonds is 6. The fraction of sp³-hybridized carbons (Fsp3) is 0.474. The maximum atomic E-state index is 3.06. The van der Waals surface area contributed by atoms with Gasteiger partial charge in [0.15, 0.2) is 0 Å². The molecule has 0 aromatic heterocycles. The molecule has 0 heterocycles. The van der Waals surface area contributed by atoms with Crippen LogP contribution in [-0.4, -0.2) is 6.88 Å². The van der Waals surface area contributed by atoms with E-state index in [0.717, 1.165) is 0 Å². The quantitative estimate of drug-likeness (QED) is 0.138. The molecule has 4 aromatic rings. The third-order valence-electron chi connectivity index (χ3n) is 7.71. The molecule has 0 N–H and O–H groups in total. The van der Waals surface area contributed by atoms with Gasteiger partial charge in [0.05, 0.1) is 0 Å². The van der Waals surface area contributed by atoms with Crippen molar-refractivity contribution in [1.29, 1.82) is 0 Å². The molecule has 4 aromatic carbocycles. The van der Waals surface area contributed by atoms with Crippen LogP contribution >= 0.6 is 24.8 Å². The zero-order chi connectivity index (χ0) is 28.9.